The number of carbonyl (C=O) groups is 1. The molecule has 1 aliphatic carbocycles. The van der Waals surface area contributed by atoms with Gasteiger partial charge in [-0.15, -0.1) is 11.3 Å². The zero-order valence-corrected chi connectivity index (χ0v) is 15.4. The number of fused-ring (bicyclic) bond motifs is 3. The van der Waals surface area contributed by atoms with E-state index in [1.807, 2.05) is 24.3 Å². The Kier molecular flexibility index (Phi) is 4.71. The SMILES string of the molecule is CCCCOc1ccc(C(=O)Nc2nc3c(s2)Cc2ccccc2-3)cc1. The van der Waals surface area contributed by atoms with Crippen molar-refractivity contribution in [2.75, 3.05) is 11.9 Å². The summed E-state index contributed by atoms with van der Waals surface area (Å²) in [4.78, 5) is 18.3. The summed E-state index contributed by atoms with van der Waals surface area (Å²) in [6.07, 6.45) is 3.02. The number of unbranched alkanes of at least 4 members (excludes halogenated alkanes) is 1. The molecule has 0 aliphatic heterocycles. The minimum atomic E-state index is -0.147. The van der Waals surface area contributed by atoms with E-state index in [0.717, 1.165) is 30.7 Å². The van der Waals surface area contributed by atoms with Crippen molar-refractivity contribution in [2.45, 2.75) is 26.2 Å². The highest BCUT2D eigenvalue weighted by Gasteiger charge is 2.23. The molecule has 132 valence electrons. The average Bonchev–Trinajstić information content (AvgIpc) is 3.19. The van der Waals surface area contributed by atoms with E-state index in [2.05, 4.69) is 29.4 Å². The predicted octanol–water partition coefficient (Wildman–Crippen LogP) is 5.15. The van der Waals surface area contributed by atoms with Crippen LogP contribution >= 0.6 is 11.3 Å². The average molecular weight is 364 g/mol. The summed E-state index contributed by atoms with van der Waals surface area (Å²) in [7, 11) is 0. The first-order valence-corrected chi connectivity index (χ1v) is 9.68. The third-order valence-corrected chi connectivity index (χ3v) is 5.40. The Hall–Kier alpha value is -2.66. The Morgan fingerprint density at radius 3 is 2.81 bits per heavy atom. The van der Waals surface area contributed by atoms with Crippen LogP contribution in [0, 0.1) is 0 Å². The van der Waals surface area contributed by atoms with Crippen molar-refractivity contribution in [2.24, 2.45) is 0 Å². The second-order valence-corrected chi connectivity index (χ2v) is 7.39. The van der Waals surface area contributed by atoms with Crippen LogP contribution < -0.4 is 10.1 Å². The molecule has 1 heterocycles. The molecule has 1 aromatic heterocycles. The third-order valence-electron chi connectivity index (χ3n) is 4.42. The number of carbonyl (C=O) groups excluding carboxylic acids is 1. The number of hydrogen-bond donors (Lipinski definition) is 1. The van der Waals surface area contributed by atoms with Gasteiger partial charge in [-0.1, -0.05) is 37.6 Å². The topological polar surface area (TPSA) is 51.2 Å². The van der Waals surface area contributed by atoms with Crippen LogP contribution in [0.3, 0.4) is 0 Å². The molecule has 0 radical (unpaired) electrons. The van der Waals surface area contributed by atoms with E-state index in [1.165, 1.54) is 16.0 Å². The molecule has 5 heteroatoms. The number of amides is 1. The highest BCUT2D eigenvalue weighted by molar-refractivity contribution is 7.16. The highest BCUT2D eigenvalue weighted by Crippen LogP contribution is 2.40. The lowest BCUT2D eigenvalue weighted by atomic mass is 10.1. The van der Waals surface area contributed by atoms with Crippen LogP contribution in [0.4, 0.5) is 5.13 Å². The molecule has 1 amide bonds. The van der Waals surface area contributed by atoms with Crippen LogP contribution in [-0.2, 0) is 6.42 Å². The normalized spacial score (nSPS) is 11.7. The fourth-order valence-corrected chi connectivity index (χ4v) is 4.01. The first-order valence-electron chi connectivity index (χ1n) is 8.87. The lowest BCUT2D eigenvalue weighted by Crippen LogP contribution is -2.11. The molecule has 0 unspecified atom stereocenters. The van der Waals surface area contributed by atoms with Gasteiger partial charge >= 0.3 is 0 Å². The minimum Gasteiger partial charge on any atom is -0.494 e. The van der Waals surface area contributed by atoms with E-state index < -0.39 is 0 Å². The molecule has 1 N–H and O–H groups in total. The van der Waals surface area contributed by atoms with Crippen molar-refractivity contribution in [1.82, 2.24) is 4.98 Å². The summed E-state index contributed by atoms with van der Waals surface area (Å²) in [5.41, 5.74) is 4.08. The largest absolute Gasteiger partial charge is 0.494 e. The smallest absolute Gasteiger partial charge is 0.257 e. The number of anilines is 1. The zero-order valence-electron chi connectivity index (χ0n) is 14.6. The minimum absolute atomic E-state index is 0.147. The summed E-state index contributed by atoms with van der Waals surface area (Å²) < 4.78 is 5.63. The predicted molar refractivity (Wildman–Crippen MR) is 105 cm³/mol. The van der Waals surface area contributed by atoms with Crippen molar-refractivity contribution in [1.29, 1.82) is 0 Å². The molecule has 0 spiro atoms. The Labute approximate surface area is 156 Å². The maximum Gasteiger partial charge on any atom is 0.257 e. The third kappa shape index (κ3) is 3.35. The molecule has 26 heavy (non-hydrogen) atoms. The number of aromatic nitrogens is 1. The van der Waals surface area contributed by atoms with Crippen molar-refractivity contribution in [3.05, 3.63) is 64.5 Å². The molecular weight excluding hydrogens is 344 g/mol. The van der Waals surface area contributed by atoms with Crippen LogP contribution in [0.5, 0.6) is 5.75 Å². The van der Waals surface area contributed by atoms with Gasteiger partial charge in [0.05, 0.1) is 12.3 Å². The lowest BCUT2D eigenvalue weighted by Gasteiger charge is -2.06. The van der Waals surface area contributed by atoms with Gasteiger partial charge in [0.15, 0.2) is 5.13 Å². The molecule has 0 atom stereocenters. The molecule has 4 nitrogen and oxygen atoms in total. The van der Waals surface area contributed by atoms with Gasteiger partial charge in [-0.25, -0.2) is 4.98 Å². The number of nitrogens with one attached hydrogen (secondary N) is 1. The van der Waals surface area contributed by atoms with Gasteiger partial charge in [-0.2, -0.15) is 0 Å². The second-order valence-electron chi connectivity index (χ2n) is 6.31. The molecule has 2 aromatic carbocycles. The van der Waals surface area contributed by atoms with Crippen LogP contribution in [-0.4, -0.2) is 17.5 Å². The van der Waals surface area contributed by atoms with Crippen LogP contribution in [0.25, 0.3) is 11.3 Å². The van der Waals surface area contributed by atoms with E-state index in [4.69, 9.17) is 4.74 Å². The molecular formula is C21H20N2O2S. The number of nitrogens with zero attached hydrogens (tertiary/aromatic N) is 1. The first kappa shape index (κ1) is 16.8. The zero-order chi connectivity index (χ0) is 17.9. The summed E-state index contributed by atoms with van der Waals surface area (Å²) >= 11 is 1.55. The summed E-state index contributed by atoms with van der Waals surface area (Å²) in [6.45, 7) is 2.83. The van der Waals surface area contributed by atoms with E-state index in [0.29, 0.717) is 17.3 Å². The van der Waals surface area contributed by atoms with Gasteiger partial charge in [0.25, 0.3) is 5.91 Å². The Morgan fingerprint density at radius 2 is 2.00 bits per heavy atom. The van der Waals surface area contributed by atoms with Gasteiger partial charge < -0.3 is 4.74 Å². The van der Waals surface area contributed by atoms with Crippen LogP contribution in [0.1, 0.15) is 40.6 Å². The van der Waals surface area contributed by atoms with Gasteiger partial charge in [-0.05, 0) is 36.2 Å². The van der Waals surface area contributed by atoms with Gasteiger partial charge in [0.2, 0.25) is 0 Å². The standard InChI is InChI=1S/C21H20N2O2S/c1-2-3-12-25-16-10-8-14(9-11-16)20(24)23-21-22-19-17-7-5-4-6-15(17)13-18(19)26-21/h4-11H,2-3,12-13H2,1H3,(H,22,23,24). The van der Waals surface area contributed by atoms with Crippen molar-refractivity contribution < 1.29 is 9.53 Å². The van der Waals surface area contributed by atoms with Gasteiger partial charge in [0.1, 0.15) is 5.75 Å². The number of benzene rings is 2. The summed E-state index contributed by atoms with van der Waals surface area (Å²) in [5, 5.41) is 3.57. The molecule has 0 fully saturated rings. The van der Waals surface area contributed by atoms with E-state index in [1.54, 1.807) is 23.5 Å². The van der Waals surface area contributed by atoms with E-state index in [9.17, 15) is 4.79 Å². The molecule has 4 rings (SSSR count). The van der Waals surface area contributed by atoms with E-state index >= 15 is 0 Å². The van der Waals surface area contributed by atoms with Gasteiger partial charge in [0, 0.05) is 22.4 Å². The van der Waals surface area contributed by atoms with Crippen LogP contribution in [0.15, 0.2) is 48.5 Å². The van der Waals surface area contributed by atoms with E-state index in [-0.39, 0.29) is 5.91 Å². The number of hydrogen-bond acceptors (Lipinski definition) is 4. The molecule has 0 saturated carbocycles. The fourth-order valence-electron chi connectivity index (χ4n) is 3.02. The second kappa shape index (κ2) is 7.30. The summed E-state index contributed by atoms with van der Waals surface area (Å²) in [6, 6.07) is 15.5. The van der Waals surface area contributed by atoms with Crippen molar-refractivity contribution >= 4 is 22.4 Å². The quantitative estimate of drug-likeness (QED) is 0.482. The lowest BCUT2D eigenvalue weighted by molar-refractivity contribution is 0.102. The van der Waals surface area contributed by atoms with Crippen molar-refractivity contribution in [3.8, 4) is 17.0 Å². The molecule has 3 aromatic rings. The van der Waals surface area contributed by atoms with Crippen LogP contribution in [0.2, 0.25) is 0 Å². The fraction of sp³-hybridized carbons (Fsp3) is 0.238. The number of thiazole rings is 1. The first-order chi connectivity index (χ1) is 12.7. The summed E-state index contributed by atoms with van der Waals surface area (Å²) in [5.74, 6) is 0.644. The molecule has 0 bridgehead atoms. The Morgan fingerprint density at radius 1 is 1.19 bits per heavy atom. The number of ether oxygens (including phenoxy) is 1. The maximum atomic E-state index is 12.5. The maximum absolute atomic E-state index is 12.5. The highest BCUT2D eigenvalue weighted by atomic mass is 32.1. The molecule has 0 saturated heterocycles. The number of rotatable bonds is 6. The Balaban J connectivity index is 1.43. The van der Waals surface area contributed by atoms with Crippen molar-refractivity contribution in [3.63, 3.8) is 0 Å². The Bertz CT molecular complexity index is 931. The monoisotopic (exact) mass is 364 g/mol. The molecule has 1 aliphatic rings. The van der Waals surface area contributed by atoms with Gasteiger partial charge in [-0.3, -0.25) is 10.1 Å².